The second-order valence-electron chi connectivity index (χ2n) is 14.6. The Morgan fingerprint density at radius 3 is 2.12 bits per heavy atom. The van der Waals surface area contributed by atoms with E-state index >= 15 is 0 Å². The van der Waals surface area contributed by atoms with Gasteiger partial charge in [0, 0.05) is 25.2 Å². The van der Waals surface area contributed by atoms with Crippen LogP contribution in [0.3, 0.4) is 0 Å². The minimum absolute atomic E-state index is 0.134. The molecule has 0 bridgehead atoms. The van der Waals surface area contributed by atoms with Gasteiger partial charge in [0.15, 0.2) is 0 Å². The summed E-state index contributed by atoms with van der Waals surface area (Å²) in [6.45, 7) is 17.7. The van der Waals surface area contributed by atoms with Crippen LogP contribution in [0.15, 0.2) is 12.2 Å². The highest BCUT2D eigenvalue weighted by Crippen LogP contribution is 2.68. The summed E-state index contributed by atoms with van der Waals surface area (Å²) in [7, 11) is 0. The smallest absolute Gasteiger partial charge is 0.305 e. The average molecular weight is 557 g/mol. The molecule has 0 N–H and O–H groups in total. The number of hydrogen-bond donors (Lipinski definition) is 0. The molecule has 0 saturated heterocycles. The van der Waals surface area contributed by atoms with Crippen LogP contribution in [0.25, 0.3) is 0 Å². The third kappa shape index (κ3) is 5.69. The topological polar surface area (TPSA) is 69.7 Å². The molecule has 0 aromatic heterocycles. The van der Waals surface area contributed by atoms with Crippen molar-refractivity contribution < 1.29 is 23.9 Å². The van der Waals surface area contributed by atoms with Crippen LogP contribution in [0.2, 0.25) is 0 Å². The molecular formula is C35H56O5. The van der Waals surface area contributed by atoms with Crippen LogP contribution in [0.4, 0.5) is 0 Å². The van der Waals surface area contributed by atoms with E-state index < -0.39 is 12.2 Å². The Hall–Kier alpha value is -1.65. The fourth-order valence-electron chi connectivity index (χ4n) is 9.97. The standard InChI is InChI=1S/C35H56O5/c1-9-23(21(4)5)13-12-22(6)25-14-15-26-24-18-29(36)28-19-30(39-32(37)10-2)31(40-33(38)11-3)20-35(28,8)27(24)16-17-34(25,26)7/h12-13,21-28,30-31H,9-11,14-20H2,1-8H3/t22-,23-,24+,25-,26+,27+,28-,30+,31-,34-,35-/m1/s1. The van der Waals surface area contributed by atoms with E-state index in [4.69, 9.17) is 9.47 Å². The second kappa shape index (κ2) is 12.3. The molecule has 5 heteroatoms. The van der Waals surface area contributed by atoms with E-state index in [9.17, 15) is 14.4 Å². The van der Waals surface area contributed by atoms with Gasteiger partial charge in [-0.15, -0.1) is 0 Å². The summed E-state index contributed by atoms with van der Waals surface area (Å²) in [6, 6.07) is 0. The molecule has 4 aliphatic carbocycles. The van der Waals surface area contributed by atoms with Gasteiger partial charge in [0.2, 0.25) is 0 Å². The number of fused-ring (bicyclic) bond motifs is 5. The van der Waals surface area contributed by atoms with Crippen LogP contribution < -0.4 is 0 Å². The molecule has 0 aromatic rings. The lowest BCUT2D eigenvalue weighted by atomic mass is 9.44. The average Bonchev–Trinajstić information content (AvgIpc) is 3.27. The SMILES string of the molecule is CCC(=O)O[C@H]1C[C@@H]2C(=O)C[C@@H]3[C@H](CC[C@]4(C)[C@@H]([C@H](C)C=C[C@@H](CC)C(C)C)CC[C@@H]34)[C@@]2(C)C[C@H]1OC(=O)CC. The predicted molar refractivity (Wildman–Crippen MR) is 158 cm³/mol. The number of esters is 2. The van der Waals surface area contributed by atoms with Gasteiger partial charge in [0.25, 0.3) is 0 Å². The summed E-state index contributed by atoms with van der Waals surface area (Å²) in [5.41, 5.74) is 0.0280. The number of allylic oxidation sites excluding steroid dienone is 2. The largest absolute Gasteiger partial charge is 0.458 e. The van der Waals surface area contributed by atoms with Crippen LogP contribution in [0, 0.1) is 58.2 Å². The molecule has 4 fully saturated rings. The van der Waals surface area contributed by atoms with Crippen LogP contribution >= 0.6 is 0 Å². The van der Waals surface area contributed by atoms with E-state index in [0.717, 1.165) is 6.42 Å². The fourth-order valence-corrected chi connectivity index (χ4v) is 9.97. The Labute approximate surface area is 243 Å². The van der Waals surface area contributed by atoms with E-state index in [1.54, 1.807) is 13.8 Å². The zero-order valence-corrected chi connectivity index (χ0v) is 26.5. The maximum absolute atomic E-state index is 13.9. The van der Waals surface area contributed by atoms with E-state index in [1.165, 1.54) is 25.7 Å². The molecule has 0 radical (unpaired) electrons. The Balaban J connectivity index is 1.56. The molecule has 0 heterocycles. The molecule has 226 valence electrons. The molecular weight excluding hydrogens is 500 g/mol. The maximum atomic E-state index is 13.9. The molecule has 0 aliphatic heterocycles. The number of rotatable bonds is 9. The predicted octanol–water partition coefficient (Wildman–Crippen LogP) is 7.95. The number of carbonyl (C=O) groups excluding carboxylic acids is 3. The first-order valence-electron chi connectivity index (χ1n) is 16.5. The summed E-state index contributed by atoms with van der Waals surface area (Å²) >= 11 is 0. The first-order chi connectivity index (χ1) is 18.9. The van der Waals surface area contributed by atoms with Crippen molar-refractivity contribution in [2.24, 2.45) is 58.2 Å². The summed E-state index contributed by atoms with van der Waals surface area (Å²) < 4.78 is 11.7. The third-order valence-electron chi connectivity index (χ3n) is 12.3. The third-order valence-corrected chi connectivity index (χ3v) is 12.3. The van der Waals surface area contributed by atoms with Gasteiger partial charge in [-0.25, -0.2) is 0 Å². The Bertz CT molecular complexity index is 969. The zero-order chi connectivity index (χ0) is 29.4. The summed E-state index contributed by atoms with van der Waals surface area (Å²) in [5.74, 6) is 3.55. The van der Waals surface area contributed by atoms with E-state index in [1.807, 2.05) is 0 Å². The fraction of sp³-hybridized carbons (Fsp3) is 0.857. The molecule has 11 atom stereocenters. The van der Waals surface area contributed by atoms with Gasteiger partial charge in [-0.05, 0) is 97.2 Å². The highest BCUT2D eigenvalue weighted by Gasteiger charge is 2.64. The summed E-state index contributed by atoms with van der Waals surface area (Å²) in [4.78, 5) is 38.6. The first-order valence-corrected chi connectivity index (χ1v) is 16.5. The highest BCUT2D eigenvalue weighted by atomic mass is 16.6. The van der Waals surface area contributed by atoms with Gasteiger partial charge in [-0.3, -0.25) is 14.4 Å². The van der Waals surface area contributed by atoms with E-state index in [0.29, 0.717) is 72.9 Å². The van der Waals surface area contributed by atoms with Crippen LogP contribution in [-0.2, 0) is 23.9 Å². The monoisotopic (exact) mass is 556 g/mol. The second-order valence-corrected chi connectivity index (χ2v) is 14.6. The van der Waals surface area contributed by atoms with Crippen molar-refractivity contribution >= 4 is 17.7 Å². The lowest BCUT2D eigenvalue weighted by Gasteiger charge is -2.61. The van der Waals surface area contributed by atoms with Crippen molar-refractivity contribution in [3.8, 4) is 0 Å². The lowest BCUT2D eigenvalue weighted by Crippen LogP contribution is -2.60. The quantitative estimate of drug-likeness (QED) is 0.213. The lowest BCUT2D eigenvalue weighted by molar-refractivity contribution is -0.197. The molecule has 0 unspecified atom stereocenters. The number of hydrogen-bond acceptors (Lipinski definition) is 5. The van der Waals surface area contributed by atoms with Crippen LogP contribution in [-0.4, -0.2) is 29.9 Å². The molecule has 0 amide bonds. The molecule has 4 rings (SSSR count). The Kier molecular flexibility index (Phi) is 9.62. The molecule has 0 aromatic carbocycles. The van der Waals surface area contributed by atoms with Gasteiger partial charge in [0.1, 0.15) is 18.0 Å². The molecule has 0 spiro atoms. The Morgan fingerprint density at radius 2 is 1.52 bits per heavy atom. The van der Waals surface area contributed by atoms with Gasteiger partial charge < -0.3 is 9.47 Å². The number of ether oxygens (including phenoxy) is 2. The van der Waals surface area contributed by atoms with Crippen molar-refractivity contribution in [1.82, 2.24) is 0 Å². The molecule has 5 nitrogen and oxygen atoms in total. The first kappa shape index (κ1) is 31.3. The minimum atomic E-state index is -0.531. The minimum Gasteiger partial charge on any atom is -0.458 e. The summed E-state index contributed by atoms with van der Waals surface area (Å²) in [6.07, 6.45) is 12.3. The van der Waals surface area contributed by atoms with E-state index in [2.05, 4.69) is 53.7 Å². The number of carbonyl (C=O) groups is 3. The normalized spacial score (nSPS) is 40.7. The number of Topliss-reactive ketones (excluding diaryl/α,β-unsaturated/α-hetero) is 1. The van der Waals surface area contributed by atoms with Crippen molar-refractivity contribution in [3.63, 3.8) is 0 Å². The van der Waals surface area contributed by atoms with Crippen molar-refractivity contribution in [2.75, 3.05) is 0 Å². The molecule has 4 saturated carbocycles. The van der Waals surface area contributed by atoms with Crippen molar-refractivity contribution in [3.05, 3.63) is 12.2 Å². The van der Waals surface area contributed by atoms with Crippen molar-refractivity contribution in [2.45, 2.75) is 132 Å². The summed E-state index contributed by atoms with van der Waals surface area (Å²) in [5, 5.41) is 0. The van der Waals surface area contributed by atoms with Gasteiger partial charge in [-0.1, -0.05) is 67.5 Å². The van der Waals surface area contributed by atoms with Crippen LogP contribution in [0.5, 0.6) is 0 Å². The maximum Gasteiger partial charge on any atom is 0.305 e. The number of ketones is 1. The van der Waals surface area contributed by atoms with Gasteiger partial charge in [0.05, 0.1) is 0 Å². The van der Waals surface area contributed by atoms with Crippen LogP contribution in [0.1, 0.15) is 120 Å². The molecule has 4 aliphatic rings. The van der Waals surface area contributed by atoms with E-state index in [-0.39, 0.29) is 35.1 Å². The van der Waals surface area contributed by atoms with Crippen molar-refractivity contribution in [1.29, 1.82) is 0 Å². The van der Waals surface area contributed by atoms with Gasteiger partial charge >= 0.3 is 11.9 Å². The zero-order valence-electron chi connectivity index (χ0n) is 26.5. The highest BCUT2D eigenvalue weighted by molar-refractivity contribution is 5.83. The molecule has 40 heavy (non-hydrogen) atoms. The Morgan fingerprint density at radius 1 is 0.900 bits per heavy atom. The van der Waals surface area contributed by atoms with Gasteiger partial charge in [-0.2, -0.15) is 0 Å².